The van der Waals surface area contributed by atoms with Crippen molar-refractivity contribution in [3.63, 3.8) is 0 Å². The van der Waals surface area contributed by atoms with E-state index in [1.54, 1.807) is 24.3 Å². The summed E-state index contributed by atoms with van der Waals surface area (Å²) < 4.78 is 0.986. The van der Waals surface area contributed by atoms with E-state index < -0.39 is 0 Å². The average Bonchev–Trinajstić information content (AvgIpc) is 2.58. The second-order valence-corrected chi connectivity index (χ2v) is 6.68. The van der Waals surface area contributed by atoms with Crippen LogP contribution >= 0.6 is 22.6 Å². The smallest absolute Gasteiger partial charge is 0.255 e. The van der Waals surface area contributed by atoms with E-state index in [1.165, 1.54) is 0 Å². The van der Waals surface area contributed by atoms with Gasteiger partial charge < -0.3 is 10.6 Å². The fraction of sp³-hybridized carbons (Fsp3) is 0.263. The molecule has 0 unspecified atom stereocenters. The molecule has 0 fully saturated rings. The minimum absolute atomic E-state index is 0.0134. The summed E-state index contributed by atoms with van der Waals surface area (Å²) in [6.45, 7) is 2.11. The first-order valence-corrected chi connectivity index (χ1v) is 9.14. The third kappa shape index (κ3) is 5.63. The molecule has 0 aliphatic rings. The van der Waals surface area contributed by atoms with Crippen LogP contribution in [0.5, 0.6) is 0 Å². The van der Waals surface area contributed by atoms with Gasteiger partial charge in [0.1, 0.15) is 0 Å². The van der Waals surface area contributed by atoms with Crippen molar-refractivity contribution in [2.24, 2.45) is 0 Å². The molecular formula is C19H21IN2O2. The van der Waals surface area contributed by atoms with Crippen LogP contribution < -0.4 is 10.6 Å². The Kier molecular flexibility index (Phi) is 7.24. The maximum atomic E-state index is 12.3. The monoisotopic (exact) mass is 436 g/mol. The summed E-state index contributed by atoms with van der Waals surface area (Å²) in [5.41, 5.74) is 2.05. The van der Waals surface area contributed by atoms with Gasteiger partial charge in [-0.2, -0.15) is 0 Å². The Balaban J connectivity index is 1.92. The van der Waals surface area contributed by atoms with Crippen LogP contribution in [0.2, 0.25) is 0 Å². The molecule has 0 bridgehead atoms. The van der Waals surface area contributed by atoms with Gasteiger partial charge in [0.25, 0.3) is 5.91 Å². The number of nitrogens with one attached hydrogen (secondary N) is 2. The second-order valence-electron chi connectivity index (χ2n) is 5.52. The topological polar surface area (TPSA) is 58.2 Å². The molecule has 0 saturated carbocycles. The van der Waals surface area contributed by atoms with Gasteiger partial charge in [0, 0.05) is 21.2 Å². The molecule has 2 aromatic carbocycles. The first-order valence-electron chi connectivity index (χ1n) is 8.06. The Morgan fingerprint density at radius 2 is 1.67 bits per heavy atom. The molecule has 2 amide bonds. The van der Waals surface area contributed by atoms with Gasteiger partial charge in [0.05, 0.1) is 5.69 Å². The van der Waals surface area contributed by atoms with Gasteiger partial charge in [0.15, 0.2) is 0 Å². The van der Waals surface area contributed by atoms with Gasteiger partial charge in [-0.15, -0.1) is 0 Å². The zero-order chi connectivity index (χ0) is 17.4. The standard InChI is InChI=1S/C19H21IN2O2/c1-2-3-4-9-18(23)21-15-12-10-14(11-13-15)19(24)22-17-8-6-5-7-16(17)20/h5-8,10-13H,2-4,9H2,1H3,(H,21,23)(H,22,24). The predicted octanol–water partition coefficient (Wildman–Crippen LogP) is 5.06. The van der Waals surface area contributed by atoms with Crippen LogP contribution in [0.3, 0.4) is 0 Å². The van der Waals surface area contributed by atoms with Crippen molar-refractivity contribution in [1.29, 1.82) is 0 Å². The largest absolute Gasteiger partial charge is 0.326 e. The minimum Gasteiger partial charge on any atom is -0.326 e. The maximum absolute atomic E-state index is 12.3. The van der Waals surface area contributed by atoms with Crippen molar-refractivity contribution in [3.05, 3.63) is 57.7 Å². The van der Waals surface area contributed by atoms with E-state index in [0.29, 0.717) is 17.7 Å². The molecule has 0 radical (unpaired) electrons. The first-order chi connectivity index (χ1) is 11.6. The van der Waals surface area contributed by atoms with Gasteiger partial charge in [-0.25, -0.2) is 0 Å². The van der Waals surface area contributed by atoms with E-state index in [4.69, 9.17) is 0 Å². The molecule has 4 nitrogen and oxygen atoms in total. The molecular weight excluding hydrogens is 415 g/mol. The molecule has 2 N–H and O–H groups in total. The first kappa shape index (κ1) is 18.4. The van der Waals surface area contributed by atoms with Gasteiger partial charge in [0.2, 0.25) is 5.91 Å². The molecule has 0 aromatic heterocycles. The Hall–Kier alpha value is -1.89. The molecule has 0 aliphatic carbocycles. The highest BCUT2D eigenvalue weighted by Crippen LogP contribution is 2.18. The van der Waals surface area contributed by atoms with Crippen LogP contribution in [0.15, 0.2) is 48.5 Å². The van der Waals surface area contributed by atoms with Crippen LogP contribution in [0.4, 0.5) is 11.4 Å². The lowest BCUT2D eigenvalue weighted by atomic mass is 10.1. The molecule has 126 valence electrons. The number of para-hydroxylation sites is 1. The van der Waals surface area contributed by atoms with Crippen molar-refractivity contribution in [1.82, 2.24) is 0 Å². The second kappa shape index (κ2) is 9.42. The Labute approximate surface area is 156 Å². The molecule has 2 aromatic rings. The van der Waals surface area contributed by atoms with E-state index in [1.807, 2.05) is 24.3 Å². The normalized spacial score (nSPS) is 10.2. The fourth-order valence-corrected chi connectivity index (χ4v) is 2.74. The van der Waals surface area contributed by atoms with Crippen molar-refractivity contribution < 1.29 is 9.59 Å². The highest BCUT2D eigenvalue weighted by atomic mass is 127. The number of halogens is 1. The van der Waals surface area contributed by atoms with Crippen LogP contribution in [0.1, 0.15) is 43.0 Å². The number of carbonyl (C=O) groups excluding carboxylic acids is 2. The number of amides is 2. The van der Waals surface area contributed by atoms with E-state index in [2.05, 4.69) is 40.1 Å². The Morgan fingerprint density at radius 1 is 0.958 bits per heavy atom. The number of rotatable bonds is 7. The summed E-state index contributed by atoms with van der Waals surface area (Å²) in [6, 6.07) is 14.5. The van der Waals surface area contributed by atoms with E-state index in [9.17, 15) is 9.59 Å². The molecule has 0 spiro atoms. The maximum Gasteiger partial charge on any atom is 0.255 e. The molecule has 0 heterocycles. The molecule has 0 saturated heterocycles. The van der Waals surface area contributed by atoms with Crippen molar-refractivity contribution >= 4 is 45.8 Å². The number of carbonyl (C=O) groups is 2. The summed E-state index contributed by atoms with van der Waals surface area (Å²) in [5, 5.41) is 5.74. The summed E-state index contributed by atoms with van der Waals surface area (Å²) in [4.78, 5) is 24.1. The third-order valence-electron chi connectivity index (χ3n) is 3.56. The highest BCUT2D eigenvalue weighted by molar-refractivity contribution is 14.1. The van der Waals surface area contributed by atoms with Crippen molar-refractivity contribution in [2.45, 2.75) is 32.6 Å². The van der Waals surface area contributed by atoms with Crippen LogP contribution in [-0.2, 0) is 4.79 Å². The minimum atomic E-state index is -0.167. The van der Waals surface area contributed by atoms with E-state index >= 15 is 0 Å². The number of hydrogen-bond donors (Lipinski definition) is 2. The molecule has 2 rings (SSSR count). The van der Waals surface area contributed by atoms with Gasteiger partial charge in [-0.05, 0) is 65.4 Å². The Morgan fingerprint density at radius 3 is 2.33 bits per heavy atom. The summed E-state index contributed by atoms with van der Waals surface area (Å²) in [7, 11) is 0. The third-order valence-corrected chi connectivity index (χ3v) is 4.50. The summed E-state index contributed by atoms with van der Waals surface area (Å²) in [6.07, 6.45) is 3.59. The van der Waals surface area contributed by atoms with Crippen molar-refractivity contribution in [3.8, 4) is 0 Å². The SMILES string of the molecule is CCCCCC(=O)Nc1ccc(C(=O)Nc2ccccc2I)cc1. The number of unbranched alkanes of at least 4 members (excludes halogenated alkanes) is 2. The van der Waals surface area contributed by atoms with E-state index in [0.717, 1.165) is 28.5 Å². The molecule has 5 heteroatoms. The van der Waals surface area contributed by atoms with Crippen LogP contribution in [0, 0.1) is 3.57 Å². The lowest BCUT2D eigenvalue weighted by Gasteiger charge is -2.09. The lowest BCUT2D eigenvalue weighted by molar-refractivity contribution is -0.116. The van der Waals surface area contributed by atoms with Gasteiger partial charge in [-0.1, -0.05) is 31.9 Å². The van der Waals surface area contributed by atoms with E-state index in [-0.39, 0.29) is 11.8 Å². The average molecular weight is 436 g/mol. The number of hydrogen-bond acceptors (Lipinski definition) is 2. The van der Waals surface area contributed by atoms with Gasteiger partial charge >= 0.3 is 0 Å². The fourth-order valence-electron chi connectivity index (χ4n) is 2.22. The van der Waals surface area contributed by atoms with Crippen molar-refractivity contribution in [2.75, 3.05) is 10.6 Å². The Bertz CT molecular complexity index is 699. The number of anilines is 2. The lowest BCUT2D eigenvalue weighted by Crippen LogP contribution is -2.14. The highest BCUT2D eigenvalue weighted by Gasteiger charge is 2.08. The van der Waals surface area contributed by atoms with Gasteiger partial charge in [-0.3, -0.25) is 9.59 Å². The predicted molar refractivity (Wildman–Crippen MR) is 106 cm³/mol. The zero-order valence-corrected chi connectivity index (χ0v) is 15.8. The molecule has 24 heavy (non-hydrogen) atoms. The zero-order valence-electron chi connectivity index (χ0n) is 13.6. The summed E-state index contributed by atoms with van der Waals surface area (Å²) in [5.74, 6) is -0.153. The van der Waals surface area contributed by atoms with Crippen LogP contribution in [-0.4, -0.2) is 11.8 Å². The number of benzene rings is 2. The quantitative estimate of drug-likeness (QED) is 0.471. The summed E-state index contributed by atoms with van der Waals surface area (Å²) >= 11 is 2.18. The molecule has 0 atom stereocenters. The molecule has 0 aliphatic heterocycles. The van der Waals surface area contributed by atoms with Crippen LogP contribution in [0.25, 0.3) is 0 Å².